The van der Waals surface area contributed by atoms with E-state index in [1.807, 2.05) is 19.1 Å². The van der Waals surface area contributed by atoms with Gasteiger partial charge in [-0.15, -0.1) is 0 Å². The molecule has 2 aromatic carbocycles. The Kier molecular flexibility index (Phi) is 7.90. The van der Waals surface area contributed by atoms with E-state index < -0.39 is 5.91 Å². The van der Waals surface area contributed by atoms with Crippen molar-refractivity contribution in [3.63, 3.8) is 0 Å². The van der Waals surface area contributed by atoms with Crippen molar-refractivity contribution >= 4 is 29.3 Å². The summed E-state index contributed by atoms with van der Waals surface area (Å²) in [4.78, 5) is 12.4. The molecule has 0 unspecified atom stereocenters. The SMILES string of the molecule is CCOc1ccc(NC(=O)/C(C#N)=C\c2cc(Cl)c(OCC#N)c(OC)c2)cc1. The van der Waals surface area contributed by atoms with E-state index in [4.69, 9.17) is 31.1 Å². The Bertz CT molecular complexity index is 989. The zero-order valence-electron chi connectivity index (χ0n) is 15.9. The third-order valence-corrected chi connectivity index (χ3v) is 3.91. The number of ether oxygens (including phenoxy) is 3. The van der Waals surface area contributed by atoms with Crippen LogP contribution in [0.25, 0.3) is 6.08 Å². The molecule has 1 N–H and O–H groups in total. The molecule has 0 aromatic heterocycles. The highest BCUT2D eigenvalue weighted by Gasteiger charge is 2.14. The molecule has 0 atom stereocenters. The smallest absolute Gasteiger partial charge is 0.266 e. The summed E-state index contributed by atoms with van der Waals surface area (Å²) in [7, 11) is 1.42. The number of halogens is 1. The predicted molar refractivity (Wildman–Crippen MR) is 109 cm³/mol. The molecule has 29 heavy (non-hydrogen) atoms. The molecule has 0 heterocycles. The van der Waals surface area contributed by atoms with Crippen molar-refractivity contribution in [2.75, 3.05) is 25.6 Å². The van der Waals surface area contributed by atoms with E-state index in [1.165, 1.54) is 19.3 Å². The van der Waals surface area contributed by atoms with Crippen molar-refractivity contribution < 1.29 is 19.0 Å². The van der Waals surface area contributed by atoms with Crippen LogP contribution in [0.5, 0.6) is 17.2 Å². The molecular formula is C21H18ClN3O4. The summed E-state index contributed by atoms with van der Waals surface area (Å²) in [5.41, 5.74) is 0.868. The van der Waals surface area contributed by atoms with Gasteiger partial charge in [-0.1, -0.05) is 11.6 Å². The van der Waals surface area contributed by atoms with Crippen molar-refractivity contribution in [2.45, 2.75) is 6.92 Å². The molecule has 2 rings (SSSR count). The quantitative estimate of drug-likeness (QED) is 0.515. The number of methoxy groups -OCH3 is 1. The topological polar surface area (TPSA) is 104 Å². The second kappa shape index (κ2) is 10.6. The molecular weight excluding hydrogens is 394 g/mol. The van der Waals surface area contributed by atoms with Gasteiger partial charge >= 0.3 is 0 Å². The van der Waals surface area contributed by atoms with Gasteiger partial charge in [0.1, 0.15) is 23.5 Å². The summed E-state index contributed by atoms with van der Waals surface area (Å²) in [6.07, 6.45) is 1.38. The van der Waals surface area contributed by atoms with Crippen molar-refractivity contribution in [2.24, 2.45) is 0 Å². The summed E-state index contributed by atoms with van der Waals surface area (Å²) >= 11 is 6.19. The van der Waals surface area contributed by atoms with Crippen LogP contribution in [0.1, 0.15) is 12.5 Å². The van der Waals surface area contributed by atoms with Crippen molar-refractivity contribution in [1.82, 2.24) is 0 Å². The average Bonchev–Trinajstić information content (AvgIpc) is 2.72. The van der Waals surface area contributed by atoms with Crippen molar-refractivity contribution in [3.05, 3.63) is 52.6 Å². The third-order valence-electron chi connectivity index (χ3n) is 3.63. The molecule has 0 saturated carbocycles. The average molecular weight is 412 g/mol. The molecule has 7 nitrogen and oxygen atoms in total. The van der Waals surface area contributed by atoms with Crippen LogP contribution in [-0.4, -0.2) is 26.2 Å². The molecule has 0 aliphatic carbocycles. The third kappa shape index (κ3) is 5.90. The Labute approximate surface area is 173 Å². The number of nitrogens with one attached hydrogen (secondary N) is 1. The highest BCUT2D eigenvalue weighted by Crippen LogP contribution is 2.37. The van der Waals surface area contributed by atoms with Gasteiger partial charge in [-0.3, -0.25) is 4.79 Å². The highest BCUT2D eigenvalue weighted by atomic mass is 35.5. The summed E-state index contributed by atoms with van der Waals surface area (Å²) in [5.74, 6) is 0.604. The standard InChI is InChI=1S/C21H18ClN3O4/c1-3-28-17-6-4-16(5-7-17)25-21(26)15(13-24)10-14-11-18(22)20(29-9-8-23)19(12-14)27-2/h4-7,10-12H,3,9H2,1-2H3,(H,25,26)/b15-10-. The number of carbonyl (C=O) groups is 1. The van der Waals surface area contributed by atoms with Gasteiger partial charge in [-0.25, -0.2) is 0 Å². The normalized spacial score (nSPS) is 10.4. The van der Waals surface area contributed by atoms with Gasteiger partial charge in [0.15, 0.2) is 18.1 Å². The van der Waals surface area contributed by atoms with Gasteiger partial charge in [-0.2, -0.15) is 10.5 Å². The molecule has 0 spiro atoms. The lowest BCUT2D eigenvalue weighted by Crippen LogP contribution is -2.13. The largest absolute Gasteiger partial charge is 0.494 e. The van der Waals surface area contributed by atoms with E-state index in [1.54, 1.807) is 30.3 Å². The second-order valence-corrected chi connectivity index (χ2v) is 5.97. The zero-order chi connectivity index (χ0) is 21.2. The Morgan fingerprint density at radius 3 is 2.52 bits per heavy atom. The minimum atomic E-state index is -0.573. The Morgan fingerprint density at radius 1 is 1.21 bits per heavy atom. The van der Waals surface area contributed by atoms with Crippen LogP contribution in [0.4, 0.5) is 5.69 Å². The molecule has 2 aromatic rings. The van der Waals surface area contributed by atoms with Gasteiger partial charge < -0.3 is 19.5 Å². The Morgan fingerprint density at radius 2 is 1.93 bits per heavy atom. The number of nitrogens with zero attached hydrogens (tertiary/aromatic N) is 2. The van der Waals surface area contributed by atoms with Gasteiger partial charge in [0.05, 0.1) is 18.7 Å². The number of rotatable bonds is 8. The molecule has 0 saturated heterocycles. The highest BCUT2D eigenvalue weighted by molar-refractivity contribution is 6.32. The lowest BCUT2D eigenvalue weighted by Gasteiger charge is -2.11. The molecule has 8 heteroatoms. The molecule has 0 fully saturated rings. The lowest BCUT2D eigenvalue weighted by atomic mass is 10.1. The first kappa shape index (κ1) is 21.6. The molecule has 0 aliphatic rings. The minimum absolute atomic E-state index is 0.123. The number of nitriles is 2. The summed E-state index contributed by atoms with van der Waals surface area (Å²) in [6.45, 7) is 2.22. The number of benzene rings is 2. The fourth-order valence-corrected chi connectivity index (χ4v) is 2.66. The van der Waals surface area contributed by atoms with Crippen LogP contribution >= 0.6 is 11.6 Å². The molecule has 1 amide bonds. The van der Waals surface area contributed by atoms with Crippen molar-refractivity contribution in [3.8, 4) is 29.4 Å². The Hall–Kier alpha value is -3.68. The van der Waals surface area contributed by atoms with Crippen LogP contribution < -0.4 is 19.5 Å². The van der Waals surface area contributed by atoms with E-state index in [9.17, 15) is 10.1 Å². The minimum Gasteiger partial charge on any atom is -0.494 e. The van der Waals surface area contributed by atoms with Crippen LogP contribution in [0, 0.1) is 22.7 Å². The number of carbonyl (C=O) groups excluding carboxylic acids is 1. The summed E-state index contributed by atoms with van der Waals surface area (Å²) in [5, 5.41) is 20.9. The zero-order valence-corrected chi connectivity index (χ0v) is 16.6. The number of anilines is 1. The summed E-state index contributed by atoms with van der Waals surface area (Å²) < 4.78 is 15.8. The predicted octanol–water partition coefficient (Wildman–Crippen LogP) is 4.20. The maximum Gasteiger partial charge on any atom is 0.266 e. The van der Waals surface area contributed by atoms with Gasteiger partial charge in [-0.05, 0) is 55.0 Å². The first-order valence-electron chi connectivity index (χ1n) is 8.55. The molecule has 0 radical (unpaired) electrons. The monoisotopic (exact) mass is 411 g/mol. The van der Waals surface area contributed by atoms with Crippen molar-refractivity contribution in [1.29, 1.82) is 10.5 Å². The van der Waals surface area contributed by atoms with Crippen LogP contribution in [0.3, 0.4) is 0 Å². The van der Waals surface area contributed by atoms with Gasteiger partial charge in [0.2, 0.25) is 0 Å². The van der Waals surface area contributed by atoms with Crippen LogP contribution in [0.15, 0.2) is 42.0 Å². The van der Waals surface area contributed by atoms with Crippen LogP contribution in [0.2, 0.25) is 5.02 Å². The van der Waals surface area contributed by atoms with E-state index in [0.29, 0.717) is 23.6 Å². The van der Waals surface area contributed by atoms with E-state index in [0.717, 1.165) is 0 Å². The molecule has 148 valence electrons. The molecule has 0 aliphatic heterocycles. The molecule has 0 bridgehead atoms. The first-order chi connectivity index (χ1) is 14.0. The second-order valence-electron chi connectivity index (χ2n) is 5.56. The first-order valence-corrected chi connectivity index (χ1v) is 8.93. The van der Waals surface area contributed by atoms with Gasteiger partial charge in [0, 0.05) is 5.69 Å². The van der Waals surface area contributed by atoms with E-state index in [-0.39, 0.29) is 28.7 Å². The van der Waals surface area contributed by atoms with E-state index in [2.05, 4.69) is 5.32 Å². The maximum atomic E-state index is 12.4. The Balaban J connectivity index is 2.24. The number of amides is 1. The maximum absolute atomic E-state index is 12.4. The number of hydrogen-bond donors (Lipinski definition) is 1. The van der Waals surface area contributed by atoms with Gasteiger partial charge in [0.25, 0.3) is 5.91 Å². The van der Waals surface area contributed by atoms with E-state index >= 15 is 0 Å². The fourth-order valence-electron chi connectivity index (χ4n) is 2.38. The summed E-state index contributed by atoms with van der Waals surface area (Å²) in [6, 6.07) is 13.6. The fraction of sp³-hybridized carbons (Fsp3) is 0.190. The van der Waals surface area contributed by atoms with Crippen LogP contribution in [-0.2, 0) is 4.79 Å². The lowest BCUT2D eigenvalue weighted by molar-refractivity contribution is -0.112. The number of hydrogen-bond acceptors (Lipinski definition) is 6.